The van der Waals surface area contributed by atoms with E-state index in [0.29, 0.717) is 6.04 Å². The maximum atomic E-state index is 11.0. The van der Waals surface area contributed by atoms with Crippen molar-refractivity contribution in [2.45, 2.75) is 64.1 Å². The number of nitrogens with one attached hydrogen (secondary N) is 1. The Labute approximate surface area is 97.9 Å². The highest BCUT2D eigenvalue weighted by Crippen LogP contribution is 2.22. The summed E-state index contributed by atoms with van der Waals surface area (Å²) in [5.74, 6) is -0.285. The van der Waals surface area contributed by atoms with Crippen molar-refractivity contribution in [1.82, 2.24) is 5.32 Å². The highest BCUT2D eigenvalue weighted by Gasteiger charge is 2.25. The Morgan fingerprint density at radius 3 is 2.31 bits per heavy atom. The van der Waals surface area contributed by atoms with Crippen LogP contribution < -0.4 is 11.1 Å². The van der Waals surface area contributed by atoms with E-state index < -0.39 is 0 Å². The fraction of sp³-hybridized carbons (Fsp3) is 0.917. The fourth-order valence-corrected chi connectivity index (χ4v) is 2.17. The zero-order valence-corrected chi connectivity index (χ0v) is 10.6. The standard InChI is InChI=1S/C12H24N2O2/c1-12(2,3)14-9-4-6-10(7-5-9)16-11(15)8-13/h9-10,14H,4-8,13H2,1-3H3. The second-order valence-corrected chi connectivity index (χ2v) is 5.56. The van der Waals surface area contributed by atoms with Gasteiger partial charge in [0.1, 0.15) is 6.10 Å². The molecule has 0 aromatic carbocycles. The molecule has 0 aromatic rings. The summed E-state index contributed by atoms with van der Waals surface area (Å²) >= 11 is 0. The predicted molar refractivity (Wildman–Crippen MR) is 64.1 cm³/mol. The van der Waals surface area contributed by atoms with Crippen molar-refractivity contribution in [3.63, 3.8) is 0 Å². The van der Waals surface area contributed by atoms with Crippen LogP contribution in [0.5, 0.6) is 0 Å². The molecule has 1 rings (SSSR count). The molecule has 1 aliphatic rings. The van der Waals surface area contributed by atoms with Gasteiger partial charge in [0.2, 0.25) is 0 Å². The van der Waals surface area contributed by atoms with Gasteiger partial charge in [0.25, 0.3) is 0 Å². The molecule has 1 fully saturated rings. The molecular formula is C12H24N2O2. The van der Waals surface area contributed by atoms with E-state index in [0.717, 1.165) is 25.7 Å². The quantitative estimate of drug-likeness (QED) is 0.712. The number of carbonyl (C=O) groups excluding carboxylic acids is 1. The van der Waals surface area contributed by atoms with Crippen molar-refractivity contribution in [3.05, 3.63) is 0 Å². The lowest BCUT2D eigenvalue weighted by molar-refractivity contribution is -0.148. The fourth-order valence-electron chi connectivity index (χ4n) is 2.17. The Hall–Kier alpha value is -0.610. The van der Waals surface area contributed by atoms with Crippen molar-refractivity contribution in [1.29, 1.82) is 0 Å². The average Bonchev–Trinajstić information content (AvgIpc) is 2.18. The van der Waals surface area contributed by atoms with Crippen LogP contribution in [0.4, 0.5) is 0 Å². The number of hydrogen-bond donors (Lipinski definition) is 2. The van der Waals surface area contributed by atoms with Gasteiger partial charge in [-0.05, 0) is 46.5 Å². The molecule has 0 atom stereocenters. The van der Waals surface area contributed by atoms with Crippen LogP contribution in [0, 0.1) is 0 Å². The number of rotatable bonds is 3. The van der Waals surface area contributed by atoms with E-state index in [2.05, 4.69) is 26.1 Å². The molecule has 0 radical (unpaired) electrons. The average molecular weight is 228 g/mol. The smallest absolute Gasteiger partial charge is 0.319 e. The van der Waals surface area contributed by atoms with Gasteiger partial charge in [-0.25, -0.2) is 0 Å². The van der Waals surface area contributed by atoms with Crippen LogP contribution in [-0.2, 0) is 9.53 Å². The van der Waals surface area contributed by atoms with Gasteiger partial charge in [0, 0.05) is 11.6 Å². The molecule has 0 aliphatic heterocycles. The molecular weight excluding hydrogens is 204 g/mol. The molecule has 3 N–H and O–H groups in total. The molecule has 1 aliphatic carbocycles. The summed E-state index contributed by atoms with van der Waals surface area (Å²) in [6.45, 7) is 6.51. The Kier molecular flexibility index (Phi) is 4.74. The van der Waals surface area contributed by atoms with Crippen molar-refractivity contribution >= 4 is 5.97 Å². The summed E-state index contributed by atoms with van der Waals surface area (Å²) in [5, 5.41) is 3.58. The van der Waals surface area contributed by atoms with Crippen molar-refractivity contribution in [2.75, 3.05) is 6.54 Å². The van der Waals surface area contributed by atoms with E-state index in [1.54, 1.807) is 0 Å². The predicted octanol–water partition coefficient (Wildman–Crippen LogP) is 1.19. The van der Waals surface area contributed by atoms with E-state index in [4.69, 9.17) is 10.5 Å². The molecule has 0 heterocycles. The van der Waals surface area contributed by atoms with Gasteiger partial charge in [-0.15, -0.1) is 0 Å². The topological polar surface area (TPSA) is 64.3 Å². The first-order valence-electron chi connectivity index (χ1n) is 6.08. The third kappa shape index (κ3) is 4.94. The largest absolute Gasteiger partial charge is 0.461 e. The lowest BCUT2D eigenvalue weighted by Gasteiger charge is -2.33. The van der Waals surface area contributed by atoms with E-state index in [1.165, 1.54) is 0 Å². The number of ether oxygens (including phenoxy) is 1. The van der Waals surface area contributed by atoms with Gasteiger partial charge in [-0.3, -0.25) is 4.79 Å². The molecule has 4 nitrogen and oxygen atoms in total. The summed E-state index contributed by atoms with van der Waals surface area (Å²) in [7, 11) is 0. The molecule has 0 saturated heterocycles. The number of hydrogen-bond acceptors (Lipinski definition) is 4. The van der Waals surface area contributed by atoms with Gasteiger partial charge >= 0.3 is 5.97 Å². The Morgan fingerprint density at radius 1 is 1.31 bits per heavy atom. The molecule has 0 bridgehead atoms. The zero-order chi connectivity index (χ0) is 12.2. The lowest BCUT2D eigenvalue weighted by Crippen LogP contribution is -2.46. The Morgan fingerprint density at radius 2 is 1.88 bits per heavy atom. The SMILES string of the molecule is CC(C)(C)NC1CCC(OC(=O)CN)CC1. The summed E-state index contributed by atoms with van der Waals surface area (Å²) in [6.07, 6.45) is 4.10. The van der Waals surface area contributed by atoms with Crippen molar-refractivity contribution < 1.29 is 9.53 Å². The molecule has 0 unspecified atom stereocenters. The van der Waals surface area contributed by atoms with Crippen LogP contribution in [0.25, 0.3) is 0 Å². The monoisotopic (exact) mass is 228 g/mol. The van der Waals surface area contributed by atoms with Crippen LogP contribution in [0.1, 0.15) is 46.5 Å². The normalized spacial score (nSPS) is 26.5. The first-order chi connectivity index (χ1) is 7.40. The van der Waals surface area contributed by atoms with Gasteiger partial charge < -0.3 is 15.8 Å². The first kappa shape index (κ1) is 13.5. The van der Waals surface area contributed by atoms with E-state index in [9.17, 15) is 4.79 Å². The van der Waals surface area contributed by atoms with E-state index in [-0.39, 0.29) is 24.2 Å². The minimum atomic E-state index is -0.285. The maximum Gasteiger partial charge on any atom is 0.319 e. The molecule has 94 valence electrons. The summed E-state index contributed by atoms with van der Waals surface area (Å²) in [5.41, 5.74) is 5.37. The number of esters is 1. The second kappa shape index (κ2) is 5.64. The van der Waals surface area contributed by atoms with Crippen LogP contribution in [0.3, 0.4) is 0 Å². The molecule has 16 heavy (non-hydrogen) atoms. The van der Waals surface area contributed by atoms with E-state index in [1.807, 2.05) is 0 Å². The summed E-state index contributed by atoms with van der Waals surface area (Å²) in [6, 6.07) is 0.549. The first-order valence-corrected chi connectivity index (χ1v) is 6.08. The van der Waals surface area contributed by atoms with Crippen LogP contribution in [-0.4, -0.2) is 30.2 Å². The summed E-state index contributed by atoms with van der Waals surface area (Å²) in [4.78, 5) is 11.0. The lowest BCUT2D eigenvalue weighted by atomic mass is 9.91. The van der Waals surface area contributed by atoms with Gasteiger partial charge in [-0.2, -0.15) is 0 Å². The molecule has 0 aromatic heterocycles. The number of nitrogens with two attached hydrogens (primary N) is 1. The molecule has 1 saturated carbocycles. The Balaban J connectivity index is 2.26. The van der Waals surface area contributed by atoms with Gasteiger partial charge in [0.15, 0.2) is 0 Å². The maximum absolute atomic E-state index is 11.0. The molecule has 4 heteroatoms. The molecule has 0 spiro atoms. The van der Waals surface area contributed by atoms with Crippen molar-refractivity contribution in [3.8, 4) is 0 Å². The summed E-state index contributed by atoms with van der Waals surface area (Å²) < 4.78 is 5.23. The van der Waals surface area contributed by atoms with Crippen LogP contribution in [0.15, 0.2) is 0 Å². The number of carbonyl (C=O) groups is 1. The van der Waals surface area contributed by atoms with Gasteiger partial charge in [0.05, 0.1) is 6.54 Å². The third-order valence-corrected chi connectivity index (χ3v) is 2.78. The van der Waals surface area contributed by atoms with Gasteiger partial charge in [-0.1, -0.05) is 0 Å². The highest BCUT2D eigenvalue weighted by molar-refractivity contribution is 5.71. The van der Waals surface area contributed by atoms with Crippen LogP contribution in [0.2, 0.25) is 0 Å². The third-order valence-electron chi connectivity index (χ3n) is 2.78. The zero-order valence-electron chi connectivity index (χ0n) is 10.6. The minimum absolute atomic E-state index is 0.0137. The Bertz CT molecular complexity index is 228. The van der Waals surface area contributed by atoms with E-state index >= 15 is 0 Å². The van der Waals surface area contributed by atoms with Crippen molar-refractivity contribution in [2.24, 2.45) is 5.73 Å². The molecule has 0 amide bonds. The highest BCUT2D eigenvalue weighted by atomic mass is 16.5. The van der Waals surface area contributed by atoms with Crippen LogP contribution >= 0.6 is 0 Å². The minimum Gasteiger partial charge on any atom is -0.461 e. The second-order valence-electron chi connectivity index (χ2n) is 5.56.